The summed E-state index contributed by atoms with van der Waals surface area (Å²) >= 11 is 0. The van der Waals surface area contributed by atoms with E-state index in [0.29, 0.717) is 5.56 Å². The number of nitrogens with one attached hydrogen (secondary N) is 1. The number of hydrogen-bond acceptors (Lipinski definition) is 3. The molecule has 0 saturated heterocycles. The van der Waals surface area contributed by atoms with Crippen LogP contribution in [0.1, 0.15) is 17.4 Å². The summed E-state index contributed by atoms with van der Waals surface area (Å²) in [6.07, 6.45) is -6.41. The second kappa shape index (κ2) is 7.88. The molecule has 0 fully saturated rings. The molecule has 1 atom stereocenters. The molecule has 0 radical (unpaired) electrons. The van der Waals surface area contributed by atoms with Crippen molar-refractivity contribution in [1.29, 1.82) is 0 Å². The van der Waals surface area contributed by atoms with Gasteiger partial charge in [0.2, 0.25) is 0 Å². The Labute approximate surface area is 166 Å². The molecule has 0 bridgehead atoms. The smallest absolute Gasteiger partial charge is 0.422 e. The Balaban J connectivity index is 1.97. The number of nitrogens with zero attached hydrogens (tertiary/aromatic N) is 2. The van der Waals surface area contributed by atoms with Crippen LogP contribution < -0.4 is 10.1 Å². The molecular weight excluding hydrogens is 416 g/mol. The molecule has 5 nitrogen and oxygen atoms in total. The van der Waals surface area contributed by atoms with Crippen molar-refractivity contribution in [3.05, 3.63) is 54.5 Å². The number of rotatable bonds is 5. The first kappa shape index (κ1) is 21.5. The van der Waals surface area contributed by atoms with Crippen LogP contribution in [0.15, 0.2) is 48.8 Å². The number of para-hydroxylation sites is 1. The molecule has 3 aromatic rings. The molecule has 2 aromatic heterocycles. The third-order valence-electron chi connectivity index (χ3n) is 4.12. The van der Waals surface area contributed by atoms with E-state index >= 15 is 0 Å². The lowest BCUT2D eigenvalue weighted by Gasteiger charge is -2.16. The Bertz CT molecular complexity index is 1060. The lowest BCUT2D eigenvalue weighted by atomic mass is 10.1. The molecule has 1 amide bonds. The molecule has 0 saturated carbocycles. The van der Waals surface area contributed by atoms with Gasteiger partial charge in [0, 0.05) is 23.5 Å². The minimum absolute atomic E-state index is 0.0531. The molecule has 3 rings (SSSR count). The van der Waals surface area contributed by atoms with Gasteiger partial charge < -0.3 is 14.5 Å². The average Bonchev–Trinajstić information content (AvgIpc) is 3.10. The summed E-state index contributed by atoms with van der Waals surface area (Å²) in [5, 5.41) is 1.82. The number of carbonyl (C=O) groups is 1. The Morgan fingerprint density at radius 1 is 1.10 bits per heavy atom. The highest BCUT2D eigenvalue weighted by Crippen LogP contribution is 2.33. The summed E-state index contributed by atoms with van der Waals surface area (Å²) < 4.78 is 81.9. The first-order valence-corrected chi connectivity index (χ1v) is 8.60. The first-order valence-electron chi connectivity index (χ1n) is 8.60. The number of hydrogen-bond donors (Lipinski definition) is 1. The van der Waals surface area contributed by atoms with Crippen LogP contribution in [0.3, 0.4) is 0 Å². The average molecular weight is 431 g/mol. The van der Waals surface area contributed by atoms with Gasteiger partial charge in [-0.1, -0.05) is 18.2 Å². The fraction of sp³-hybridized carbons (Fsp3) is 0.263. The molecule has 0 aliphatic rings. The number of fused-ring (bicyclic) bond motifs is 1. The minimum Gasteiger partial charge on any atom is -0.483 e. The van der Waals surface area contributed by atoms with Crippen molar-refractivity contribution in [2.24, 2.45) is 0 Å². The lowest BCUT2D eigenvalue weighted by Crippen LogP contribution is -2.43. The number of ether oxygens (including phenoxy) is 1. The Kier molecular flexibility index (Phi) is 5.64. The number of alkyl halides is 6. The normalized spacial score (nSPS) is 13.3. The van der Waals surface area contributed by atoms with Crippen molar-refractivity contribution in [3.8, 4) is 16.9 Å². The molecule has 1 aromatic carbocycles. The zero-order valence-electron chi connectivity index (χ0n) is 15.4. The second-order valence-corrected chi connectivity index (χ2v) is 6.42. The zero-order valence-corrected chi connectivity index (χ0v) is 15.4. The molecule has 1 unspecified atom stereocenters. The topological polar surface area (TPSA) is 55.6 Å². The van der Waals surface area contributed by atoms with E-state index in [-0.39, 0.29) is 22.7 Å². The SMILES string of the molecule is CC(NC(=O)c1cn2cccc(-c3ccccc3OCC(F)(F)F)c2n1)C(F)(F)F. The zero-order chi connectivity index (χ0) is 22.1. The van der Waals surface area contributed by atoms with E-state index in [1.807, 2.05) is 5.32 Å². The van der Waals surface area contributed by atoms with Gasteiger partial charge in [0.25, 0.3) is 5.91 Å². The van der Waals surface area contributed by atoms with Crippen molar-refractivity contribution in [3.63, 3.8) is 0 Å². The number of benzene rings is 1. The van der Waals surface area contributed by atoms with Crippen molar-refractivity contribution in [2.75, 3.05) is 6.61 Å². The molecule has 0 aliphatic heterocycles. The summed E-state index contributed by atoms with van der Waals surface area (Å²) in [7, 11) is 0. The van der Waals surface area contributed by atoms with Gasteiger partial charge in [0.05, 0.1) is 0 Å². The van der Waals surface area contributed by atoms with Gasteiger partial charge in [-0.3, -0.25) is 4.79 Å². The summed E-state index contributed by atoms with van der Waals surface area (Å²) in [4.78, 5) is 16.2. The monoisotopic (exact) mass is 431 g/mol. The Morgan fingerprint density at radius 3 is 2.43 bits per heavy atom. The maximum Gasteiger partial charge on any atom is 0.422 e. The van der Waals surface area contributed by atoms with Crippen LogP contribution in [-0.4, -0.2) is 40.3 Å². The molecule has 1 N–H and O–H groups in total. The van der Waals surface area contributed by atoms with Crippen LogP contribution >= 0.6 is 0 Å². The Morgan fingerprint density at radius 2 is 1.77 bits per heavy atom. The maximum absolute atomic E-state index is 12.7. The van der Waals surface area contributed by atoms with Crippen LogP contribution in [0, 0.1) is 0 Å². The number of imidazole rings is 1. The highest BCUT2D eigenvalue weighted by Gasteiger charge is 2.37. The number of aromatic nitrogens is 2. The van der Waals surface area contributed by atoms with Crippen molar-refractivity contribution < 1.29 is 35.9 Å². The molecule has 11 heteroatoms. The number of halogens is 6. The predicted octanol–water partition coefficient (Wildman–Crippen LogP) is 4.62. The molecule has 160 valence electrons. The van der Waals surface area contributed by atoms with Crippen LogP contribution in [0.25, 0.3) is 16.8 Å². The van der Waals surface area contributed by atoms with E-state index in [4.69, 9.17) is 4.74 Å². The fourth-order valence-corrected chi connectivity index (χ4v) is 2.66. The van der Waals surface area contributed by atoms with Crippen molar-refractivity contribution in [2.45, 2.75) is 25.3 Å². The summed E-state index contributed by atoms with van der Waals surface area (Å²) in [5.74, 6) is -1.08. The third kappa shape index (κ3) is 4.84. The van der Waals surface area contributed by atoms with Gasteiger partial charge >= 0.3 is 12.4 Å². The maximum atomic E-state index is 12.7. The predicted molar refractivity (Wildman–Crippen MR) is 95.2 cm³/mol. The van der Waals surface area contributed by atoms with Crippen LogP contribution in [0.4, 0.5) is 26.3 Å². The number of carbonyl (C=O) groups excluding carboxylic acids is 1. The number of pyridine rings is 1. The van der Waals surface area contributed by atoms with Gasteiger partial charge in [-0.2, -0.15) is 26.3 Å². The standard InChI is InChI=1S/C19H15F6N3O2/c1-11(19(23,24)25)26-17(29)14-9-28-8-4-6-13(16(28)27-14)12-5-2-3-7-15(12)30-10-18(20,21)22/h2-9,11H,10H2,1H3,(H,26,29). The minimum atomic E-state index is -4.62. The van der Waals surface area contributed by atoms with E-state index in [2.05, 4.69) is 4.98 Å². The van der Waals surface area contributed by atoms with E-state index < -0.39 is 30.9 Å². The van der Waals surface area contributed by atoms with Gasteiger partial charge in [-0.25, -0.2) is 4.98 Å². The second-order valence-electron chi connectivity index (χ2n) is 6.42. The highest BCUT2D eigenvalue weighted by atomic mass is 19.4. The summed E-state index contributed by atoms with van der Waals surface area (Å²) in [5.41, 5.74) is 0.532. The van der Waals surface area contributed by atoms with Gasteiger partial charge in [0.15, 0.2) is 6.61 Å². The molecule has 30 heavy (non-hydrogen) atoms. The van der Waals surface area contributed by atoms with Crippen LogP contribution in [-0.2, 0) is 0 Å². The van der Waals surface area contributed by atoms with E-state index in [9.17, 15) is 31.1 Å². The van der Waals surface area contributed by atoms with Crippen molar-refractivity contribution in [1.82, 2.24) is 14.7 Å². The lowest BCUT2D eigenvalue weighted by molar-refractivity contribution is -0.153. The summed E-state index contributed by atoms with van der Waals surface area (Å²) in [6, 6.07) is 6.99. The van der Waals surface area contributed by atoms with Gasteiger partial charge in [-0.15, -0.1) is 0 Å². The van der Waals surface area contributed by atoms with Crippen molar-refractivity contribution >= 4 is 11.6 Å². The van der Waals surface area contributed by atoms with Crippen LogP contribution in [0.5, 0.6) is 5.75 Å². The van der Waals surface area contributed by atoms with E-state index in [0.717, 1.165) is 6.92 Å². The molecule has 0 spiro atoms. The van der Waals surface area contributed by atoms with E-state index in [1.165, 1.54) is 35.0 Å². The first-order chi connectivity index (χ1) is 14.0. The highest BCUT2D eigenvalue weighted by molar-refractivity contribution is 5.94. The van der Waals surface area contributed by atoms with Gasteiger partial charge in [0.1, 0.15) is 23.1 Å². The van der Waals surface area contributed by atoms with Crippen LogP contribution in [0.2, 0.25) is 0 Å². The molecular formula is C19H15F6N3O2. The fourth-order valence-electron chi connectivity index (χ4n) is 2.66. The quantitative estimate of drug-likeness (QED) is 0.600. The molecule has 2 heterocycles. The van der Waals surface area contributed by atoms with Gasteiger partial charge in [-0.05, 0) is 25.1 Å². The third-order valence-corrected chi connectivity index (χ3v) is 4.12. The Hall–Kier alpha value is -3.24. The molecule has 0 aliphatic carbocycles. The largest absolute Gasteiger partial charge is 0.483 e. The summed E-state index contributed by atoms with van der Waals surface area (Å²) in [6.45, 7) is -0.697. The number of amides is 1. The van der Waals surface area contributed by atoms with E-state index in [1.54, 1.807) is 18.2 Å².